The van der Waals surface area contributed by atoms with Gasteiger partial charge in [-0.1, -0.05) is 96.7 Å². The number of amides is 2. The summed E-state index contributed by atoms with van der Waals surface area (Å²) >= 11 is 1.56. The van der Waals surface area contributed by atoms with E-state index >= 15 is 0 Å². The van der Waals surface area contributed by atoms with E-state index in [4.69, 9.17) is 9.47 Å². The zero-order valence-corrected chi connectivity index (χ0v) is 31.0. The number of tetrazole rings is 1. The second-order valence-electron chi connectivity index (χ2n) is 15.7. The highest BCUT2D eigenvalue weighted by Gasteiger charge is 2.51. The first-order valence-corrected chi connectivity index (χ1v) is 20.2. The van der Waals surface area contributed by atoms with Crippen molar-refractivity contribution in [3.63, 3.8) is 0 Å². The van der Waals surface area contributed by atoms with Crippen molar-refractivity contribution >= 4 is 17.8 Å². The summed E-state index contributed by atoms with van der Waals surface area (Å²) in [6, 6.07) is 34.4. The van der Waals surface area contributed by atoms with Gasteiger partial charge in [0.05, 0.1) is 24.5 Å². The number of aliphatic hydroxyl groups is 1. The zero-order valence-electron chi connectivity index (χ0n) is 30.2. The van der Waals surface area contributed by atoms with E-state index in [-0.39, 0.29) is 30.4 Å². The molecule has 10 rings (SSSR count). The first kappa shape index (κ1) is 35.2. The van der Waals surface area contributed by atoms with Gasteiger partial charge in [-0.05, 0) is 113 Å². The van der Waals surface area contributed by atoms with Crippen LogP contribution in [-0.2, 0) is 22.6 Å². The van der Waals surface area contributed by atoms with Crippen LogP contribution in [-0.4, -0.2) is 48.7 Å². The van der Waals surface area contributed by atoms with Gasteiger partial charge in [0.2, 0.25) is 5.16 Å². The van der Waals surface area contributed by atoms with Gasteiger partial charge in [-0.15, -0.1) is 5.10 Å². The van der Waals surface area contributed by atoms with E-state index in [1.54, 1.807) is 16.4 Å². The van der Waals surface area contributed by atoms with Crippen LogP contribution in [0.1, 0.15) is 79.6 Å². The standard InChI is InChI=1S/C43H46N6O4S/c50-26-28-9-11-34(12-10-28)39-21-38(27-54-42-46-47-48-49(42)37-7-2-1-3-8-37)52-40(53-39)35-15-13-33(14-16-35)36-6-4-5-29(20-36)25-44-41(51)45-43-22-30-17-31(23-43)19-32(18-30)24-43/h1-16,20,30-32,38-40,50H,17-19,21-27H2,(H2,44,45,51)/t30?,31?,32?,38-,39+,40+,43?/m0/s1. The summed E-state index contributed by atoms with van der Waals surface area (Å²) < 4.78 is 15.0. The zero-order chi connectivity index (χ0) is 36.5. The minimum atomic E-state index is -0.575. The summed E-state index contributed by atoms with van der Waals surface area (Å²) in [5.74, 6) is 3.01. The minimum absolute atomic E-state index is 0.00164. The number of urea groups is 1. The molecule has 0 spiro atoms. The predicted molar refractivity (Wildman–Crippen MR) is 206 cm³/mol. The largest absolute Gasteiger partial charge is 0.392 e. The number of ether oxygens (including phenoxy) is 2. The quantitative estimate of drug-likeness (QED) is 0.117. The molecule has 5 aliphatic rings. The number of benzene rings is 4. The Labute approximate surface area is 320 Å². The second-order valence-corrected chi connectivity index (χ2v) is 16.7. The minimum Gasteiger partial charge on any atom is -0.392 e. The Morgan fingerprint density at radius 3 is 2.24 bits per heavy atom. The van der Waals surface area contributed by atoms with Crippen molar-refractivity contribution in [1.82, 2.24) is 30.8 Å². The van der Waals surface area contributed by atoms with Crippen LogP contribution in [0.3, 0.4) is 0 Å². The van der Waals surface area contributed by atoms with Gasteiger partial charge in [0, 0.05) is 29.8 Å². The molecule has 4 aliphatic carbocycles. The van der Waals surface area contributed by atoms with Crippen molar-refractivity contribution in [3.05, 3.63) is 125 Å². The van der Waals surface area contributed by atoms with Gasteiger partial charge < -0.3 is 25.2 Å². The number of aromatic nitrogens is 4. The molecule has 10 nitrogen and oxygen atoms in total. The van der Waals surface area contributed by atoms with Crippen LogP contribution < -0.4 is 10.6 Å². The second kappa shape index (κ2) is 15.3. The fraction of sp³-hybridized carbons (Fsp3) is 0.395. The van der Waals surface area contributed by atoms with Gasteiger partial charge >= 0.3 is 6.03 Å². The number of hydrogen-bond acceptors (Lipinski definition) is 8. The van der Waals surface area contributed by atoms with E-state index in [0.717, 1.165) is 76.1 Å². The third kappa shape index (κ3) is 7.68. The lowest BCUT2D eigenvalue weighted by atomic mass is 9.53. The Hall–Kier alpha value is -4.55. The average molecular weight is 743 g/mol. The molecule has 278 valence electrons. The molecule has 2 heterocycles. The highest BCUT2D eigenvalue weighted by atomic mass is 32.2. The number of aliphatic hydroxyl groups excluding tert-OH is 1. The first-order valence-electron chi connectivity index (χ1n) is 19.2. The van der Waals surface area contributed by atoms with Crippen LogP contribution in [0.15, 0.2) is 108 Å². The Balaban J connectivity index is 0.865. The molecule has 4 saturated carbocycles. The van der Waals surface area contributed by atoms with E-state index in [9.17, 15) is 9.90 Å². The molecule has 0 radical (unpaired) electrons. The SMILES string of the molecule is O=C(NCc1cccc(-c2ccc([C@@H]3O[C@H](CSc4nnnn4-c4ccccc4)C[C@H](c4ccc(CO)cc4)O3)cc2)c1)NC12CC3CC(CC(C3)C1)C2. The smallest absolute Gasteiger partial charge is 0.315 e. The molecule has 0 unspecified atom stereocenters. The lowest BCUT2D eigenvalue weighted by Crippen LogP contribution is -2.61. The van der Waals surface area contributed by atoms with Crippen molar-refractivity contribution in [2.45, 2.75) is 87.3 Å². The van der Waals surface area contributed by atoms with E-state index < -0.39 is 6.29 Å². The van der Waals surface area contributed by atoms with Crippen LogP contribution in [0.25, 0.3) is 16.8 Å². The van der Waals surface area contributed by atoms with Crippen molar-refractivity contribution in [2.24, 2.45) is 17.8 Å². The molecule has 4 aromatic carbocycles. The number of carbonyl (C=O) groups excluding carboxylic acids is 1. The Kier molecular flexibility index (Phi) is 9.96. The number of thioether (sulfide) groups is 1. The highest BCUT2D eigenvalue weighted by Crippen LogP contribution is 2.55. The molecule has 11 heteroatoms. The molecular formula is C43H46N6O4S. The van der Waals surface area contributed by atoms with Gasteiger partial charge in [-0.25, -0.2) is 4.79 Å². The highest BCUT2D eigenvalue weighted by molar-refractivity contribution is 7.99. The van der Waals surface area contributed by atoms with Gasteiger partial charge in [0.1, 0.15) is 0 Å². The van der Waals surface area contributed by atoms with E-state index in [1.165, 1.54) is 19.3 Å². The summed E-state index contributed by atoms with van der Waals surface area (Å²) in [6.07, 6.45) is 7.25. The number of nitrogens with zero attached hydrogens (tertiary/aromatic N) is 4. The van der Waals surface area contributed by atoms with Crippen LogP contribution in [0.5, 0.6) is 0 Å². The Bertz CT molecular complexity index is 2020. The number of nitrogens with one attached hydrogen (secondary N) is 2. The molecular weight excluding hydrogens is 697 g/mol. The molecule has 2 amide bonds. The van der Waals surface area contributed by atoms with Crippen molar-refractivity contribution in [1.29, 1.82) is 0 Å². The Morgan fingerprint density at radius 1 is 0.796 bits per heavy atom. The van der Waals surface area contributed by atoms with Crippen molar-refractivity contribution in [3.8, 4) is 16.8 Å². The molecule has 3 N–H and O–H groups in total. The normalized spacial score (nSPS) is 27.1. The monoisotopic (exact) mass is 742 g/mol. The average Bonchev–Trinajstić information content (AvgIpc) is 3.68. The van der Waals surface area contributed by atoms with Gasteiger partial charge in [-0.3, -0.25) is 0 Å². The number of carbonyl (C=O) groups is 1. The van der Waals surface area contributed by atoms with Crippen LogP contribution in [0.4, 0.5) is 4.79 Å². The topological polar surface area (TPSA) is 123 Å². The van der Waals surface area contributed by atoms with Crippen LogP contribution >= 0.6 is 11.8 Å². The third-order valence-electron chi connectivity index (χ3n) is 11.8. The van der Waals surface area contributed by atoms with Gasteiger partial charge in [-0.2, -0.15) is 4.68 Å². The molecule has 54 heavy (non-hydrogen) atoms. The van der Waals surface area contributed by atoms with E-state index in [1.807, 2.05) is 60.7 Å². The van der Waals surface area contributed by atoms with Crippen molar-refractivity contribution in [2.75, 3.05) is 5.75 Å². The number of hydrogen-bond donors (Lipinski definition) is 3. The van der Waals surface area contributed by atoms with E-state index in [0.29, 0.717) is 23.9 Å². The molecule has 1 saturated heterocycles. The molecule has 4 bridgehead atoms. The van der Waals surface area contributed by atoms with Crippen LogP contribution in [0.2, 0.25) is 0 Å². The van der Waals surface area contributed by atoms with Crippen molar-refractivity contribution < 1.29 is 19.4 Å². The lowest BCUT2D eigenvalue weighted by molar-refractivity contribution is -0.245. The van der Waals surface area contributed by atoms with Gasteiger partial charge in [0.25, 0.3) is 0 Å². The number of para-hydroxylation sites is 1. The molecule has 3 atom stereocenters. The Morgan fingerprint density at radius 2 is 1.52 bits per heavy atom. The lowest BCUT2D eigenvalue weighted by Gasteiger charge is -2.56. The summed E-state index contributed by atoms with van der Waals surface area (Å²) in [4.78, 5) is 13.1. The maximum absolute atomic E-state index is 13.1. The van der Waals surface area contributed by atoms with Crippen LogP contribution in [0, 0.1) is 17.8 Å². The summed E-state index contributed by atoms with van der Waals surface area (Å²) in [5, 5.41) is 29.3. The molecule has 1 aromatic heterocycles. The summed E-state index contributed by atoms with van der Waals surface area (Å²) in [5.41, 5.74) is 6.95. The molecule has 5 aromatic rings. The fourth-order valence-corrected chi connectivity index (χ4v) is 10.5. The van der Waals surface area contributed by atoms with E-state index in [2.05, 4.69) is 68.6 Å². The summed E-state index contributed by atoms with van der Waals surface area (Å²) in [6.45, 7) is 0.474. The fourth-order valence-electron chi connectivity index (χ4n) is 9.62. The maximum Gasteiger partial charge on any atom is 0.315 e. The molecule has 5 fully saturated rings. The first-order chi connectivity index (χ1) is 26.5. The summed E-state index contributed by atoms with van der Waals surface area (Å²) in [7, 11) is 0. The van der Waals surface area contributed by atoms with Gasteiger partial charge in [0.15, 0.2) is 6.29 Å². The predicted octanol–water partition coefficient (Wildman–Crippen LogP) is 7.93. The number of rotatable bonds is 11. The molecule has 1 aliphatic heterocycles. The third-order valence-corrected chi connectivity index (χ3v) is 12.8. The maximum atomic E-state index is 13.1.